The first kappa shape index (κ1) is 29.1. The maximum atomic E-state index is 14.8. The number of aliphatic hydroxyl groups excluding tert-OH is 2. The number of benzene rings is 2. The van der Waals surface area contributed by atoms with Crippen molar-refractivity contribution in [2.75, 3.05) is 49.6 Å². The normalized spacial score (nSPS) is 21.4. The number of aliphatic hydroxyl groups is 2. The van der Waals surface area contributed by atoms with E-state index in [0.717, 1.165) is 17.9 Å². The standard InChI is InChI=1S/C29H32FN7O5/c1-18(39)28(40)37-9-8-26(24(30)15-37)42-25-7-2-19(12-20(25)13-31)27-32-17-33-29(35-27)34-21-3-5-22(6-4-21)36-10-11-41-23(14-36)16-38/h2-7,12,17-18,23-24,26,38-39H,8-11,14-16H2,1H3,(H,32,33,34,35)/t18?,23?,24-,26+/m1/s1. The zero-order valence-electron chi connectivity index (χ0n) is 23.1. The minimum Gasteiger partial charge on any atom is -0.486 e. The number of halogens is 1. The average molecular weight is 578 g/mol. The summed E-state index contributed by atoms with van der Waals surface area (Å²) in [4.78, 5) is 28.4. The van der Waals surface area contributed by atoms with Gasteiger partial charge in [-0.25, -0.2) is 14.4 Å². The minimum atomic E-state index is -1.47. The number of carbonyl (C=O) groups excluding carboxylic acids is 1. The van der Waals surface area contributed by atoms with Gasteiger partial charge >= 0.3 is 0 Å². The van der Waals surface area contributed by atoms with Crippen LogP contribution in [0.1, 0.15) is 18.9 Å². The number of amides is 1. The molecule has 2 aliphatic heterocycles. The highest BCUT2D eigenvalue weighted by Gasteiger charge is 2.34. The number of hydrogen-bond donors (Lipinski definition) is 3. The predicted molar refractivity (Wildman–Crippen MR) is 151 cm³/mol. The van der Waals surface area contributed by atoms with Crippen LogP contribution >= 0.6 is 0 Å². The molecule has 5 rings (SSSR count). The number of morpholine rings is 1. The Hall–Kier alpha value is -4.38. The molecule has 1 aromatic heterocycles. The van der Waals surface area contributed by atoms with Gasteiger partial charge in [0.1, 0.15) is 30.4 Å². The van der Waals surface area contributed by atoms with Crippen LogP contribution in [-0.4, -0.2) is 99.8 Å². The van der Waals surface area contributed by atoms with Crippen LogP contribution in [0.25, 0.3) is 11.4 Å². The second-order valence-corrected chi connectivity index (χ2v) is 10.2. The lowest BCUT2D eigenvalue weighted by Crippen LogP contribution is -2.51. The Balaban J connectivity index is 1.24. The number of nitrogens with one attached hydrogen (secondary N) is 1. The molecule has 0 aliphatic carbocycles. The lowest BCUT2D eigenvalue weighted by Gasteiger charge is -2.35. The van der Waals surface area contributed by atoms with Crippen LogP contribution in [0.2, 0.25) is 0 Å². The Kier molecular flexibility index (Phi) is 9.06. The van der Waals surface area contributed by atoms with Crippen molar-refractivity contribution < 1.29 is 28.9 Å². The van der Waals surface area contributed by atoms with Crippen LogP contribution < -0.4 is 15.0 Å². The molecular weight excluding hydrogens is 545 g/mol. The maximum Gasteiger partial charge on any atom is 0.251 e. The highest BCUT2D eigenvalue weighted by molar-refractivity contribution is 5.80. The van der Waals surface area contributed by atoms with E-state index >= 15 is 0 Å². The molecule has 2 aromatic carbocycles. The number of rotatable bonds is 8. The van der Waals surface area contributed by atoms with E-state index in [1.165, 1.54) is 18.2 Å². The number of carbonyl (C=O) groups is 1. The number of aromatic nitrogens is 3. The fourth-order valence-corrected chi connectivity index (χ4v) is 4.95. The van der Waals surface area contributed by atoms with E-state index in [-0.39, 0.29) is 43.5 Å². The van der Waals surface area contributed by atoms with Crippen LogP contribution in [0.3, 0.4) is 0 Å². The number of hydrogen-bond acceptors (Lipinski definition) is 11. The molecule has 2 saturated heterocycles. The number of anilines is 3. The number of piperidine rings is 1. The van der Waals surface area contributed by atoms with Gasteiger partial charge in [0.05, 0.1) is 31.4 Å². The Morgan fingerprint density at radius 3 is 2.76 bits per heavy atom. The number of likely N-dealkylation sites (tertiary alicyclic amines) is 1. The molecule has 0 saturated carbocycles. The smallest absolute Gasteiger partial charge is 0.251 e. The minimum absolute atomic E-state index is 0.0182. The summed E-state index contributed by atoms with van der Waals surface area (Å²) in [5.74, 6) is 0.356. The molecule has 12 nitrogen and oxygen atoms in total. The topological polar surface area (TPSA) is 157 Å². The van der Waals surface area contributed by atoms with Gasteiger partial charge in [0.25, 0.3) is 5.91 Å². The average Bonchev–Trinajstić information content (AvgIpc) is 3.02. The van der Waals surface area contributed by atoms with Crippen molar-refractivity contribution >= 4 is 23.2 Å². The molecule has 0 spiro atoms. The molecule has 0 radical (unpaired) electrons. The van der Waals surface area contributed by atoms with Gasteiger partial charge in [0.15, 0.2) is 12.0 Å². The number of alkyl halides is 1. The quantitative estimate of drug-likeness (QED) is 0.360. The summed E-state index contributed by atoms with van der Waals surface area (Å²) in [6.45, 7) is 3.31. The van der Waals surface area contributed by atoms with E-state index in [1.807, 2.05) is 24.3 Å². The van der Waals surface area contributed by atoms with Crippen LogP contribution in [0.15, 0.2) is 48.8 Å². The molecule has 42 heavy (non-hydrogen) atoms. The molecule has 3 N–H and O–H groups in total. The first-order valence-corrected chi connectivity index (χ1v) is 13.7. The van der Waals surface area contributed by atoms with Crippen LogP contribution in [0, 0.1) is 11.3 Å². The van der Waals surface area contributed by atoms with Gasteiger partial charge in [-0.15, -0.1) is 0 Å². The summed E-state index contributed by atoms with van der Waals surface area (Å²) in [5.41, 5.74) is 2.54. The van der Waals surface area contributed by atoms with E-state index in [2.05, 4.69) is 31.2 Å². The molecule has 1 amide bonds. The highest BCUT2D eigenvalue weighted by atomic mass is 19.1. The van der Waals surface area contributed by atoms with E-state index in [1.54, 1.807) is 18.2 Å². The molecule has 2 aliphatic rings. The summed E-state index contributed by atoms with van der Waals surface area (Å²) >= 11 is 0. The molecule has 13 heteroatoms. The highest BCUT2D eigenvalue weighted by Crippen LogP contribution is 2.29. The third-order valence-corrected chi connectivity index (χ3v) is 7.19. The maximum absolute atomic E-state index is 14.8. The van der Waals surface area contributed by atoms with Gasteiger partial charge in [-0.2, -0.15) is 10.2 Å². The van der Waals surface area contributed by atoms with Gasteiger partial charge in [-0.1, -0.05) is 0 Å². The fraction of sp³-hybridized carbons (Fsp3) is 0.414. The van der Waals surface area contributed by atoms with Crippen molar-refractivity contribution in [2.45, 2.75) is 37.8 Å². The van der Waals surface area contributed by atoms with Gasteiger partial charge < -0.3 is 34.8 Å². The van der Waals surface area contributed by atoms with Crippen molar-refractivity contribution in [1.82, 2.24) is 19.9 Å². The molecule has 2 fully saturated rings. The predicted octanol–water partition coefficient (Wildman–Crippen LogP) is 2.05. The van der Waals surface area contributed by atoms with Crippen molar-refractivity contribution in [3.63, 3.8) is 0 Å². The van der Waals surface area contributed by atoms with Gasteiger partial charge in [-0.3, -0.25) is 4.79 Å². The number of nitriles is 1. The van der Waals surface area contributed by atoms with Crippen LogP contribution in [0.5, 0.6) is 5.75 Å². The van der Waals surface area contributed by atoms with Crippen molar-refractivity contribution in [2.24, 2.45) is 0 Å². The van der Waals surface area contributed by atoms with E-state index < -0.39 is 24.3 Å². The van der Waals surface area contributed by atoms with Gasteiger partial charge in [0.2, 0.25) is 5.95 Å². The second-order valence-electron chi connectivity index (χ2n) is 10.2. The molecule has 220 valence electrons. The lowest BCUT2D eigenvalue weighted by atomic mass is 10.0. The molecule has 4 atom stereocenters. The summed E-state index contributed by atoms with van der Waals surface area (Å²) in [7, 11) is 0. The Morgan fingerprint density at radius 2 is 2.05 bits per heavy atom. The van der Waals surface area contributed by atoms with E-state index in [4.69, 9.17) is 9.47 Å². The Labute approximate surface area is 242 Å². The zero-order chi connectivity index (χ0) is 29.6. The Bertz CT molecular complexity index is 1430. The molecule has 3 heterocycles. The molecule has 2 unspecified atom stereocenters. The summed E-state index contributed by atoms with van der Waals surface area (Å²) in [5, 5.41) is 31.8. The first-order chi connectivity index (χ1) is 20.3. The van der Waals surface area contributed by atoms with E-state index in [9.17, 15) is 24.7 Å². The number of nitrogens with zero attached hydrogens (tertiary/aromatic N) is 6. The third kappa shape index (κ3) is 6.73. The van der Waals surface area contributed by atoms with Crippen molar-refractivity contribution in [3.05, 3.63) is 54.4 Å². The summed E-state index contributed by atoms with van der Waals surface area (Å²) < 4.78 is 26.2. The SMILES string of the molecule is CC(O)C(=O)N1CC[C@H](Oc2ccc(-c3ncnc(Nc4ccc(N5CCOC(CO)C5)cc4)n3)cc2C#N)[C@H](F)C1. The van der Waals surface area contributed by atoms with E-state index in [0.29, 0.717) is 30.5 Å². The monoisotopic (exact) mass is 577 g/mol. The van der Waals surface area contributed by atoms with Gasteiger partial charge in [-0.05, 0) is 49.4 Å². The summed E-state index contributed by atoms with van der Waals surface area (Å²) in [6, 6.07) is 14.7. The zero-order valence-corrected chi connectivity index (χ0v) is 23.1. The van der Waals surface area contributed by atoms with Gasteiger partial charge in [0, 0.05) is 43.0 Å². The number of ether oxygens (including phenoxy) is 2. The Morgan fingerprint density at radius 1 is 1.24 bits per heavy atom. The molecule has 3 aromatic rings. The summed E-state index contributed by atoms with van der Waals surface area (Å²) in [6.07, 6.45) is -2.10. The van der Waals surface area contributed by atoms with Crippen molar-refractivity contribution in [3.8, 4) is 23.2 Å². The molecule has 0 bridgehead atoms. The third-order valence-electron chi connectivity index (χ3n) is 7.19. The largest absolute Gasteiger partial charge is 0.486 e. The van der Waals surface area contributed by atoms with Crippen molar-refractivity contribution in [1.29, 1.82) is 5.26 Å². The molecular formula is C29H32FN7O5. The second kappa shape index (κ2) is 13.1. The lowest BCUT2D eigenvalue weighted by molar-refractivity contribution is -0.143. The first-order valence-electron chi connectivity index (χ1n) is 13.7. The van der Waals surface area contributed by atoms with Crippen LogP contribution in [-0.2, 0) is 9.53 Å². The fourth-order valence-electron chi connectivity index (χ4n) is 4.95. The van der Waals surface area contributed by atoms with Crippen LogP contribution in [0.4, 0.5) is 21.7 Å².